The molecule has 0 saturated carbocycles. The second-order valence-electron chi connectivity index (χ2n) is 4.64. The van der Waals surface area contributed by atoms with E-state index in [4.69, 9.17) is 16.7 Å². The molecule has 2 heterocycles. The minimum absolute atomic E-state index is 0.139. The Kier molecular flexibility index (Phi) is 3.64. The summed E-state index contributed by atoms with van der Waals surface area (Å²) in [6.07, 6.45) is 1.65. The molecule has 0 atom stereocenters. The standard InChI is InChI=1S/C14H12ClN5O2/c1-16-11-10-12(19-14(15)18-11)20(7-17-10)6-8-2-4-9(5-3-8)13(21)22/h2-5,7H,6H2,1H3,(H,21,22)(H,16,18,19). The third-order valence-corrected chi connectivity index (χ3v) is 3.40. The number of rotatable bonds is 4. The van der Waals surface area contributed by atoms with Crippen LogP contribution in [-0.2, 0) is 6.54 Å². The van der Waals surface area contributed by atoms with E-state index >= 15 is 0 Å². The molecule has 2 aromatic heterocycles. The summed E-state index contributed by atoms with van der Waals surface area (Å²) in [7, 11) is 1.74. The Morgan fingerprint density at radius 3 is 2.68 bits per heavy atom. The number of anilines is 1. The highest BCUT2D eigenvalue weighted by Gasteiger charge is 2.12. The number of carboxylic acids is 1. The van der Waals surface area contributed by atoms with Gasteiger partial charge in [-0.3, -0.25) is 0 Å². The van der Waals surface area contributed by atoms with Crippen molar-refractivity contribution in [1.82, 2.24) is 19.5 Å². The van der Waals surface area contributed by atoms with Crippen LogP contribution in [-0.4, -0.2) is 37.6 Å². The van der Waals surface area contributed by atoms with Crippen molar-refractivity contribution in [3.05, 3.63) is 47.0 Å². The van der Waals surface area contributed by atoms with Crippen LogP contribution < -0.4 is 5.32 Å². The maximum absolute atomic E-state index is 10.9. The molecule has 2 N–H and O–H groups in total. The summed E-state index contributed by atoms with van der Waals surface area (Å²) < 4.78 is 1.83. The average molecular weight is 318 g/mol. The number of nitrogens with one attached hydrogen (secondary N) is 1. The maximum Gasteiger partial charge on any atom is 0.335 e. The van der Waals surface area contributed by atoms with E-state index in [0.29, 0.717) is 23.5 Å². The molecule has 0 bridgehead atoms. The number of carbonyl (C=O) groups is 1. The van der Waals surface area contributed by atoms with Gasteiger partial charge in [-0.15, -0.1) is 0 Å². The number of carboxylic acid groups (broad SMARTS) is 1. The van der Waals surface area contributed by atoms with Gasteiger partial charge in [-0.25, -0.2) is 9.78 Å². The van der Waals surface area contributed by atoms with Gasteiger partial charge >= 0.3 is 5.97 Å². The van der Waals surface area contributed by atoms with E-state index in [2.05, 4.69) is 20.3 Å². The smallest absolute Gasteiger partial charge is 0.335 e. The fourth-order valence-electron chi connectivity index (χ4n) is 2.16. The van der Waals surface area contributed by atoms with Gasteiger partial charge in [0.05, 0.1) is 18.4 Å². The van der Waals surface area contributed by atoms with Gasteiger partial charge in [0.2, 0.25) is 5.28 Å². The van der Waals surface area contributed by atoms with Gasteiger partial charge in [0, 0.05) is 7.05 Å². The minimum atomic E-state index is -0.946. The molecular formula is C14H12ClN5O2. The SMILES string of the molecule is CNc1nc(Cl)nc2c1ncn2Cc1ccc(C(=O)O)cc1. The zero-order valence-corrected chi connectivity index (χ0v) is 12.4. The summed E-state index contributed by atoms with van der Waals surface area (Å²) in [6, 6.07) is 6.66. The monoisotopic (exact) mass is 317 g/mol. The van der Waals surface area contributed by atoms with Crippen LogP contribution in [0.2, 0.25) is 5.28 Å². The van der Waals surface area contributed by atoms with Gasteiger partial charge in [0.15, 0.2) is 17.0 Å². The Morgan fingerprint density at radius 1 is 1.32 bits per heavy atom. The van der Waals surface area contributed by atoms with Crippen LogP contribution in [0.3, 0.4) is 0 Å². The van der Waals surface area contributed by atoms with Crippen molar-refractivity contribution < 1.29 is 9.90 Å². The van der Waals surface area contributed by atoms with Gasteiger partial charge in [-0.1, -0.05) is 12.1 Å². The first-order chi connectivity index (χ1) is 10.6. The van der Waals surface area contributed by atoms with Crippen LogP contribution in [0.5, 0.6) is 0 Å². The van der Waals surface area contributed by atoms with Crippen LogP contribution in [0.1, 0.15) is 15.9 Å². The van der Waals surface area contributed by atoms with Crippen molar-refractivity contribution in [3.8, 4) is 0 Å². The number of hydrogen-bond donors (Lipinski definition) is 2. The number of nitrogens with zero attached hydrogens (tertiary/aromatic N) is 4. The molecule has 0 radical (unpaired) electrons. The highest BCUT2D eigenvalue weighted by molar-refractivity contribution is 6.28. The lowest BCUT2D eigenvalue weighted by atomic mass is 10.1. The van der Waals surface area contributed by atoms with Crippen molar-refractivity contribution in [1.29, 1.82) is 0 Å². The molecule has 112 valence electrons. The second-order valence-corrected chi connectivity index (χ2v) is 4.98. The van der Waals surface area contributed by atoms with Crippen LogP contribution in [0.4, 0.5) is 5.82 Å². The Bertz CT molecular complexity index is 844. The van der Waals surface area contributed by atoms with Crippen molar-refractivity contribution in [2.75, 3.05) is 12.4 Å². The molecule has 0 aliphatic rings. The third kappa shape index (κ3) is 2.58. The molecule has 0 saturated heterocycles. The van der Waals surface area contributed by atoms with Crippen LogP contribution in [0.25, 0.3) is 11.2 Å². The lowest BCUT2D eigenvalue weighted by Crippen LogP contribution is -2.02. The molecule has 7 nitrogen and oxygen atoms in total. The number of aromatic nitrogens is 4. The predicted molar refractivity (Wildman–Crippen MR) is 82.4 cm³/mol. The van der Waals surface area contributed by atoms with E-state index in [0.717, 1.165) is 5.56 Å². The van der Waals surface area contributed by atoms with Crippen LogP contribution in [0, 0.1) is 0 Å². The molecule has 3 rings (SSSR count). The van der Waals surface area contributed by atoms with E-state index in [-0.39, 0.29) is 10.8 Å². The molecule has 3 aromatic rings. The highest BCUT2D eigenvalue weighted by Crippen LogP contribution is 2.21. The zero-order chi connectivity index (χ0) is 15.7. The summed E-state index contributed by atoms with van der Waals surface area (Å²) >= 11 is 5.92. The van der Waals surface area contributed by atoms with E-state index in [1.807, 2.05) is 4.57 Å². The number of benzene rings is 1. The number of halogens is 1. The van der Waals surface area contributed by atoms with Crippen LogP contribution in [0.15, 0.2) is 30.6 Å². The number of fused-ring (bicyclic) bond motifs is 1. The van der Waals surface area contributed by atoms with Gasteiger partial charge in [-0.2, -0.15) is 9.97 Å². The first kappa shape index (κ1) is 14.3. The predicted octanol–water partition coefficient (Wildman–Crippen LogP) is 2.27. The van der Waals surface area contributed by atoms with E-state index in [9.17, 15) is 4.79 Å². The Hall–Kier alpha value is -2.67. The number of aromatic carboxylic acids is 1. The largest absolute Gasteiger partial charge is 0.478 e. The van der Waals surface area contributed by atoms with E-state index in [1.165, 1.54) is 0 Å². The van der Waals surface area contributed by atoms with Gasteiger partial charge in [0.1, 0.15) is 0 Å². The Labute approximate surface area is 130 Å². The Morgan fingerprint density at radius 2 is 2.05 bits per heavy atom. The van der Waals surface area contributed by atoms with Crippen molar-refractivity contribution in [2.45, 2.75) is 6.54 Å². The summed E-state index contributed by atoms with van der Waals surface area (Å²) in [5, 5.41) is 12.0. The lowest BCUT2D eigenvalue weighted by molar-refractivity contribution is 0.0697. The average Bonchev–Trinajstić information content (AvgIpc) is 2.90. The fourth-order valence-corrected chi connectivity index (χ4v) is 2.32. The summed E-state index contributed by atoms with van der Waals surface area (Å²) in [5.41, 5.74) is 2.44. The lowest BCUT2D eigenvalue weighted by Gasteiger charge is -2.06. The molecule has 0 spiro atoms. The molecule has 0 amide bonds. The summed E-state index contributed by atoms with van der Waals surface area (Å²) in [5.74, 6) is -0.382. The number of imidazole rings is 1. The Balaban J connectivity index is 1.97. The van der Waals surface area contributed by atoms with E-state index < -0.39 is 5.97 Å². The molecule has 0 aliphatic heterocycles. The molecule has 0 aliphatic carbocycles. The molecule has 1 aromatic carbocycles. The highest BCUT2D eigenvalue weighted by atomic mass is 35.5. The van der Waals surface area contributed by atoms with Gasteiger partial charge in [-0.05, 0) is 29.3 Å². The van der Waals surface area contributed by atoms with Crippen LogP contribution >= 0.6 is 11.6 Å². The zero-order valence-electron chi connectivity index (χ0n) is 11.6. The van der Waals surface area contributed by atoms with Crippen molar-refractivity contribution in [2.24, 2.45) is 0 Å². The topological polar surface area (TPSA) is 92.9 Å². The third-order valence-electron chi connectivity index (χ3n) is 3.23. The summed E-state index contributed by atoms with van der Waals surface area (Å²) in [6.45, 7) is 0.507. The van der Waals surface area contributed by atoms with E-state index in [1.54, 1.807) is 37.6 Å². The fraction of sp³-hybridized carbons (Fsp3) is 0.143. The minimum Gasteiger partial charge on any atom is -0.478 e. The normalized spacial score (nSPS) is 10.8. The number of hydrogen-bond acceptors (Lipinski definition) is 5. The summed E-state index contributed by atoms with van der Waals surface area (Å²) in [4.78, 5) is 23.4. The quantitative estimate of drug-likeness (QED) is 0.717. The maximum atomic E-state index is 10.9. The first-order valence-corrected chi connectivity index (χ1v) is 6.84. The van der Waals surface area contributed by atoms with Crippen molar-refractivity contribution >= 4 is 34.6 Å². The molecule has 0 unspecified atom stereocenters. The van der Waals surface area contributed by atoms with Crippen molar-refractivity contribution in [3.63, 3.8) is 0 Å². The first-order valence-electron chi connectivity index (χ1n) is 6.47. The second kappa shape index (κ2) is 5.61. The molecule has 0 fully saturated rings. The molecule has 8 heteroatoms. The molecular weight excluding hydrogens is 306 g/mol. The van der Waals surface area contributed by atoms with Gasteiger partial charge < -0.3 is 15.0 Å². The molecule has 22 heavy (non-hydrogen) atoms. The van der Waals surface area contributed by atoms with Gasteiger partial charge in [0.25, 0.3) is 0 Å².